The minimum Gasteiger partial charge on any atom is -0.378 e. The molecule has 3 rings (SSSR count). The van der Waals surface area contributed by atoms with Gasteiger partial charge in [0.05, 0.1) is 5.69 Å². The van der Waals surface area contributed by atoms with E-state index >= 15 is 0 Å². The second kappa shape index (κ2) is 6.22. The van der Waals surface area contributed by atoms with Gasteiger partial charge in [0.2, 0.25) is 0 Å². The first-order valence-corrected chi connectivity index (χ1v) is 7.66. The van der Waals surface area contributed by atoms with Crippen molar-refractivity contribution < 1.29 is 4.79 Å². The summed E-state index contributed by atoms with van der Waals surface area (Å²) >= 11 is 5.29. The number of para-hydroxylation sites is 1. The van der Waals surface area contributed by atoms with E-state index in [1.165, 1.54) is 4.90 Å². The number of hydrogen-bond acceptors (Lipinski definition) is 3. The predicted octanol–water partition coefficient (Wildman–Crippen LogP) is 3.01. The second-order valence-corrected chi connectivity index (χ2v) is 5.84. The molecule has 4 nitrogen and oxygen atoms in total. The molecule has 2 aromatic carbocycles. The van der Waals surface area contributed by atoms with E-state index < -0.39 is 0 Å². The maximum Gasteiger partial charge on any atom is 0.281 e. The highest BCUT2D eigenvalue weighted by atomic mass is 32.1. The van der Waals surface area contributed by atoms with Crippen LogP contribution in [0.4, 0.5) is 11.4 Å². The molecule has 1 amide bonds. The van der Waals surface area contributed by atoms with Crippen molar-refractivity contribution in [2.24, 2.45) is 0 Å². The number of rotatable bonds is 3. The summed E-state index contributed by atoms with van der Waals surface area (Å²) in [4.78, 5) is 16.1. The Balaban J connectivity index is 1.87. The summed E-state index contributed by atoms with van der Waals surface area (Å²) in [5, 5.41) is 3.40. The van der Waals surface area contributed by atoms with Gasteiger partial charge in [-0.1, -0.05) is 30.3 Å². The molecule has 0 aliphatic carbocycles. The minimum atomic E-state index is -0.141. The Labute approximate surface area is 141 Å². The third-order valence-corrected chi connectivity index (χ3v) is 3.90. The van der Waals surface area contributed by atoms with Crippen molar-refractivity contribution in [3.63, 3.8) is 0 Å². The van der Waals surface area contributed by atoms with E-state index in [4.69, 9.17) is 12.2 Å². The Morgan fingerprint density at radius 1 is 1.04 bits per heavy atom. The molecule has 116 valence electrons. The lowest BCUT2D eigenvalue weighted by Crippen LogP contribution is -2.30. The number of nitrogens with zero attached hydrogens (tertiary/aromatic N) is 2. The van der Waals surface area contributed by atoms with Crippen LogP contribution < -0.4 is 15.1 Å². The summed E-state index contributed by atoms with van der Waals surface area (Å²) in [5.74, 6) is -0.141. The zero-order valence-electron chi connectivity index (χ0n) is 13.0. The molecule has 1 saturated heterocycles. The highest BCUT2D eigenvalue weighted by Gasteiger charge is 2.31. The van der Waals surface area contributed by atoms with Crippen LogP contribution in [0, 0.1) is 0 Å². The quantitative estimate of drug-likeness (QED) is 0.696. The van der Waals surface area contributed by atoms with Crippen LogP contribution in [0.15, 0.2) is 60.3 Å². The number of carbonyl (C=O) groups excluding carboxylic acids is 1. The van der Waals surface area contributed by atoms with Crippen LogP contribution in [0.2, 0.25) is 0 Å². The molecule has 23 heavy (non-hydrogen) atoms. The standard InChI is InChI=1S/C18H17N3OS/c1-20(2)14-10-8-13(9-11-14)12-16-17(22)21(18(23)19-16)15-6-4-3-5-7-15/h3-12H,1-2H3,(H,19,23)/b16-12+. The monoisotopic (exact) mass is 323 g/mol. The fourth-order valence-electron chi connectivity index (χ4n) is 2.38. The van der Waals surface area contributed by atoms with Gasteiger partial charge in [-0.25, -0.2) is 0 Å². The fraction of sp³-hybridized carbons (Fsp3) is 0.111. The second-order valence-electron chi connectivity index (χ2n) is 5.45. The van der Waals surface area contributed by atoms with Crippen molar-refractivity contribution in [3.8, 4) is 0 Å². The van der Waals surface area contributed by atoms with E-state index in [0.29, 0.717) is 10.8 Å². The van der Waals surface area contributed by atoms with E-state index in [2.05, 4.69) is 5.32 Å². The maximum atomic E-state index is 12.6. The third-order valence-electron chi connectivity index (χ3n) is 3.61. The Morgan fingerprint density at radius 3 is 2.30 bits per heavy atom. The number of carbonyl (C=O) groups is 1. The molecule has 0 saturated carbocycles. The number of anilines is 2. The van der Waals surface area contributed by atoms with E-state index in [0.717, 1.165) is 16.9 Å². The van der Waals surface area contributed by atoms with Crippen LogP contribution in [-0.2, 0) is 4.79 Å². The Morgan fingerprint density at radius 2 is 1.70 bits per heavy atom. The van der Waals surface area contributed by atoms with Crippen molar-refractivity contribution in [2.45, 2.75) is 0 Å². The van der Waals surface area contributed by atoms with Gasteiger partial charge >= 0.3 is 0 Å². The molecule has 1 N–H and O–H groups in total. The summed E-state index contributed by atoms with van der Waals surface area (Å²) < 4.78 is 0. The number of amides is 1. The Bertz CT molecular complexity index is 767. The van der Waals surface area contributed by atoms with Crippen LogP contribution in [-0.4, -0.2) is 25.1 Å². The minimum absolute atomic E-state index is 0.141. The van der Waals surface area contributed by atoms with E-state index in [1.807, 2.05) is 79.7 Å². The predicted molar refractivity (Wildman–Crippen MR) is 98.4 cm³/mol. The highest BCUT2D eigenvalue weighted by Crippen LogP contribution is 2.22. The largest absolute Gasteiger partial charge is 0.378 e. The number of nitrogens with one attached hydrogen (secondary N) is 1. The van der Waals surface area contributed by atoms with Gasteiger partial charge in [-0.05, 0) is 48.1 Å². The molecule has 0 aromatic heterocycles. The summed E-state index contributed by atoms with van der Waals surface area (Å²) in [6.07, 6.45) is 1.82. The summed E-state index contributed by atoms with van der Waals surface area (Å²) in [6, 6.07) is 17.4. The molecule has 0 atom stereocenters. The van der Waals surface area contributed by atoms with Crippen molar-refractivity contribution in [3.05, 3.63) is 65.9 Å². The third kappa shape index (κ3) is 3.10. The zero-order valence-corrected chi connectivity index (χ0v) is 13.8. The van der Waals surface area contributed by atoms with Gasteiger partial charge in [-0.3, -0.25) is 9.69 Å². The van der Waals surface area contributed by atoms with Crippen molar-refractivity contribution >= 4 is 40.7 Å². The van der Waals surface area contributed by atoms with Crippen LogP contribution in [0.1, 0.15) is 5.56 Å². The lowest BCUT2D eigenvalue weighted by Gasteiger charge is -2.13. The first-order valence-electron chi connectivity index (χ1n) is 7.26. The molecule has 0 radical (unpaired) electrons. The van der Waals surface area contributed by atoms with E-state index in [9.17, 15) is 4.79 Å². The van der Waals surface area contributed by atoms with E-state index in [-0.39, 0.29) is 5.91 Å². The zero-order chi connectivity index (χ0) is 16.4. The van der Waals surface area contributed by atoms with Gasteiger partial charge in [0.15, 0.2) is 5.11 Å². The molecule has 1 aliphatic rings. The number of hydrogen-bond donors (Lipinski definition) is 1. The Kier molecular flexibility index (Phi) is 4.12. The van der Waals surface area contributed by atoms with Crippen LogP contribution in [0.5, 0.6) is 0 Å². The number of thiocarbonyl (C=S) groups is 1. The van der Waals surface area contributed by atoms with Crippen molar-refractivity contribution in [1.29, 1.82) is 0 Å². The van der Waals surface area contributed by atoms with Crippen molar-refractivity contribution in [2.75, 3.05) is 23.9 Å². The average Bonchev–Trinajstić information content (AvgIpc) is 2.82. The van der Waals surface area contributed by atoms with Gasteiger partial charge in [0.25, 0.3) is 5.91 Å². The van der Waals surface area contributed by atoms with Crippen LogP contribution >= 0.6 is 12.2 Å². The molecule has 0 spiro atoms. The highest BCUT2D eigenvalue weighted by molar-refractivity contribution is 7.80. The molecular weight excluding hydrogens is 306 g/mol. The normalized spacial score (nSPS) is 15.9. The van der Waals surface area contributed by atoms with Crippen LogP contribution in [0.3, 0.4) is 0 Å². The SMILES string of the molecule is CN(C)c1ccc(/C=C2/NC(=S)N(c3ccccc3)C2=O)cc1. The smallest absolute Gasteiger partial charge is 0.281 e. The lowest BCUT2D eigenvalue weighted by molar-refractivity contribution is -0.113. The first kappa shape index (κ1) is 15.2. The summed E-state index contributed by atoms with van der Waals surface area (Å²) in [5.41, 5.74) is 3.31. The molecule has 1 heterocycles. The van der Waals surface area contributed by atoms with Gasteiger partial charge in [-0.15, -0.1) is 0 Å². The molecular formula is C18H17N3OS. The molecule has 0 bridgehead atoms. The molecule has 0 unspecified atom stereocenters. The van der Waals surface area contributed by atoms with Gasteiger partial charge < -0.3 is 10.2 Å². The molecule has 1 aliphatic heterocycles. The molecule has 2 aromatic rings. The Hall–Kier alpha value is -2.66. The van der Waals surface area contributed by atoms with Crippen molar-refractivity contribution in [1.82, 2.24) is 5.32 Å². The summed E-state index contributed by atoms with van der Waals surface area (Å²) in [6.45, 7) is 0. The maximum absolute atomic E-state index is 12.6. The van der Waals surface area contributed by atoms with Gasteiger partial charge in [0.1, 0.15) is 5.70 Å². The van der Waals surface area contributed by atoms with Gasteiger partial charge in [0, 0.05) is 19.8 Å². The van der Waals surface area contributed by atoms with E-state index in [1.54, 1.807) is 0 Å². The van der Waals surface area contributed by atoms with Gasteiger partial charge in [-0.2, -0.15) is 0 Å². The topological polar surface area (TPSA) is 35.6 Å². The lowest BCUT2D eigenvalue weighted by atomic mass is 10.1. The molecule has 5 heteroatoms. The van der Waals surface area contributed by atoms with Crippen LogP contribution in [0.25, 0.3) is 6.08 Å². The molecule has 1 fully saturated rings. The fourth-order valence-corrected chi connectivity index (χ4v) is 2.68. The number of benzene rings is 2. The first-order chi connectivity index (χ1) is 11.1. The summed E-state index contributed by atoms with van der Waals surface area (Å²) in [7, 11) is 3.98. The average molecular weight is 323 g/mol.